The van der Waals surface area contributed by atoms with Crippen molar-refractivity contribution >= 4 is 11.7 Å². The average molecular weight is 332 g/mol. The maximum atomic E-state index is 12.4. The molecule has 0 spiro atoms. The molecule has 1 saturated heterocycles. The second-order valence-electron chi connectivity index (χ2n) is 6.44. The summed E-state index contributed by atoms with van der Waals surface area (Å²) in [6.07, 6.45) is 2.07. The van der Waals surface area contributed by atoms with Crippen molar-refractivity contribution in [3.63, 3.8) is 0 Å². The molecular formula is C15H23F3N4O. The molecule has 1 N–H and O–H groups in total. The topological polar surface area (TPSA) is 50.2 Å². The number of amides is 2. The van der Waals surface area contributed by atoms with Crippen molar-refractivity contribution in [1.82, 2.24) is 14.7 Å². The van der Waals surface area contributed by atoms with Gasteiger partial charge in [0.15, 0.2) is 0 Å². The molecule has 0 aliphatic carbocycles. The van der Waals surface area contributed by atoms with Gasteiger partial charge in [-0.2, -0.15) is 18.3 Å². The van der Waals surface area contributed by atoms with Gasteiger partial charge < -0.3 is 10.2 Å². The molecule has 130 valence electrons. The first kappa shape index (κ1) is 17.6. The number of carbonyl (C=O) groups excluding carboxylic acids is 1. The molecular weight excluding hydrogens is 309 g/mol. The monoisotopic (exact) mass is 332 g/mol. The number of urea groups is 1. The molecule has 1 aliphatic rings. The quantitative estimate of drug-likeness (QED) is 0.910. The number of likely N-dealkylation sites (tertiary alicyclic amines) is 1. The van der Waals surface area contributed by atoms with Crippen LogP contribution in [0.25, 0.3) is 0 Å². The van der Waals surface area contributed by atoms with E-state index in [-0.39, 0.29) is 17.8 Å². The molecule has 8 heteroatoms. The fraction of sp³-hybridized carbons (Fsp3) is 0.733. The molecule has 5 nitrogen and oxygen atoms in total. The average Bonchev–Trinajstić information content (AvgIpc) is 2.83. The minimum atomic E-state index is -4.33. The van der Waals surface area contributed by atoms with E-state index in [4.69, 9.17) is 0 Å². The summed E-state index contributed by atoms with van der Waals surface area (Å²) in [5.41, 5.74) is 0.285. The smallest absolute Gasteiger partial charge is 0.322 e. The summed E-state index contributed by atoms with van der Waals surface area (Å²) in [7, 11) is 0. The minimum absolute atomic E-state index is 0.189. The SMILES string of the molecule is CC(C)CC1CCCCN1C(=O)Nc1cnn(CC(F)(F)F)c1. The highest BCUT2D eigenvalue weighted by atomic mass is 19.4. The van der Waals surface area contributed by atoms with E-state index >= 15 is 0 Å². The van der Waals surface area contributed by atoms with Gasteiger partial charge in [-0.1, -0.05) is 13.8 Å². The molecule has 2 amide bonds. The summed E-state index contributed by atoms with van der Waals surface area (Å²) < 4.78 is 37.7. The number of rotatable bonds is 4. The summed E-state index contributed by atoms with van der Waals surface area (Å²) in [5, 5.41) is 6.29. The molecule has 1 aliphatic heterocycles. The van der Waals surface area contributed by atoms with Crippen molar-refractivity contribution in [2.75, 3.05) is 11.9 Å². The van der Waals surface area contributed by atoms with Gasteiger partial charge in [0.2, 0.25) is 0 Å². The lowest BCUT2D eigenvalue weighted by Crippen LogP contribution is -2.46. The van der Waals surface area contributed by atoms with Crippen LogP contribution in [0.1, 0.15) is 39.5 Å². The van der Waals surface area contributed by atoms with Gasteiger partial charge in [-0.25, -0.2) is 4.79 Å². The zero-order chi connectivity index (χ0) is 17.0. The van der Waals surface area contributed by atoms with Crippen molar-refractivity contribution in [2.24, 2.45) is 5.92 Å². The zero-order valence-electron chi connectivity index (χ0n) is 13.4. The molecule has 1 unspecified atom stereocenters. The zero-order valence-corrected chi connectivity index (χ0v) is 13.4. The van der Waals surface area contributed by atoms with Crippen LogP contribution >= 0.6 is 0 Å². The number of hydrogen-bond acceptors (Lipinski definition) is 2. The van der Waals surface area contributed by atoms with Gasteiger partial charge in [-0.3, -0.25) is 4.68 Å². The van der Waals surface area contributed by atoms with E-state index in [0.717, 1.165) is 30.4 Å². The van der Waals surface area contributed by atoms with E-state index in [1.54, 1.807) is 4.90 Å². The Bertz CT molecular complexity index is 527. The number of nitrogens with one attached hydrogen (secondary N) is 1. The van der Waals surface area contributed by atoms with E-state index < -0.39 is 12.7 Å². The second-order valence-corrected chi connectivity index (χ2v) is 6.44. The van der Waals surface area contributed by atoms with Crippen LogP contribution in [-0.4, -0.2) is 39.5 Å². The predicted molar refractivity (Wildman–Crippen MR) is 81.1 cm³/mol. The van der Waals surface area contributed by atoms with Crippen LogP contribution in [0, 0.1) is 5.92 Å². The number of hydrogen-bond donors (Lipinski definition) is 1. The highest BCUT2D eigenvalue weighted by Crippen LogP contribution is 2.24. The van der Waals surface area contributed by atoms with Gasteiger partial charge >= 0.3 is 12.2 Å². The van der Waals surface area contributed by atoms with Crippen molar-refractivity contribution < 1.29 is 18.0 Å². The summed E-state index contributed by atoms with van der Waals surface area (Å²) >= 11 is 0. The van der Waals surface area contributed by atoms with E-state index in [1.165, 1.54) is 12.4 Å². The summed E-state index contributed by atoms with van der Waals surface area (Å²) in [5.74, 6) is 0.489. The largest absolute Gasteiger partial charge is 0.408 e. The molecule has 1 aromatic heterocycles. The molecule has 1 atom stereocenters. The fourth-order valence-electron chi connectivity index (χ4n) is 2.95. The van der Waals surface area contributed by atoms with Crippen LogP contribution in [0.3, 0.4) is 0 Å². The Morgan fingerprint density at radius 1 is 1.43 bits per heavy atom. The van der Waals surface area contributed by atoms with E-state index in [2.05, 4.69) is 24.3 Å². The van der Waals surface area contributed by atoms with Gasteiger partial charge in [-0.05, 0) is 31.6 Å². The number of nitrogens with zero attached hydrogens (tertiary/aromatic N) is 3. The Kier molecular flexibility index (Phi) is 5.54. The number of alkyl halides is 3. The molecule has 2 heterocycles. The Hall–Kier alpha value is -1.73. The number of halogens is 3. The lowest BCUT2D eigenvalue weighted by Gasteiger charge is -2.36. The number of aromatic nitrogens is 2. The van der Waals surface area contributed by atoms with Crippen molar-refractivity contribution in [3.8, 4) is 0 Å². The predicted octanol–water partition coefficient (Wildman–Crippen LogP) is 3.88. The third kappa shape index (κ3) is 5.44. The van der Waals surface area contributed by atoms with Crippen molar-refractivity contribution in [1.29, 1.82) is 0 Å². The molecule has 2 rings (SSSR count). The maximum Gasteiger partial charge on any atom is 0.408 e. The highest BCUT2D eigenvalue weighted by Gasteiger charge is 2.29. The van der Waals surface area contributed by atoms with Crippen LogP contribution in [0.4, 0.5) is 23.7 Å². The Morgan fingerprint density at radius 2 is 2.17 bits per heavy atom. The maximum absolute atomic E-state index is 12.4. The number of piperidine rings is 1. The molecule has 0 bridgehead atoms. The number of anilines is 1. The molecule has 0 saturated carbocycles. The van der Waals surface area contributed by atoms with Crippen LogP contribution in [0.5, 0.6) is 0 Å². The molecule has 1 aromatic rings. The first-order valence-corrected chi connectivity index (χ1v) is 7.91. The molecule has 0 aromatic carbocycles. The van der Waals surface area contributed by atoms with Gasteiger partial charge in [0.25, 0.3) is 0 Å². The van der Waals surface area contributed by atoms with Crippen LogP contribution in [0.2, 0.25) is 0 Å². The summed E-state index contributed by atoms with van der Waals surface area (Å²) in [6.45, 7) is 3.75. The van der Waals surface area contributed by atoms with E-state index in [0.29, 0.717) is 12.5 Å². The molecule has 0 radical (unpaired) electrons. The summed E-state index contributed by atoms with van der Waals surface area (Å²) in [4.78, 5) is 14.2. The lowest BCUT2D eigenvalue weighted by atomic mass is 9.94. The number of carbonyl (C=O) groups is 1. The normalized spacial score (nSPS) is 19.2. The standard InChI is InChI=1S/C15H23F3N4O/c1-11(2)7-13-5-3-4-6-22(13)14(23)20-12-8-19-21(9-12)10-15(16,17)18/h8-9,11,13H,3-7,10H2,1-2H3,(H,20,23). The first-order valence-electron chi connectivity index (χ1n) is 7.91. The third-order valence-electron chi connectivity index (χ3n) is 3.86. The third-order valence-corrected chi connectivity index (χ3v) is 3.86. The van der Waals surface area contributed by atoms with E-state index in [1.807, 2.05) is 0 Å². The van der Waals surface area contributed by atoms with E-state index in [9.17, 15) is 18.0 Å². The fourth-order valence-corrected chi connectivity index (χ4v) is 2.95. The highest BCUT2D eigenvalue weighted by molar-refractivity contribution is 5.89. The minimum Gasteiger partial charge on any atom is -0.322 e. The Morgan fingerprint density at radius 3 is 2.83 bits per heavy atom. The molecule has 1 fully saturated rings. The molecule has 23 heavy (non-hydrogen) atoms. The van der Waals surface area contributed by atoms with Crippen LogP contribution in [-0.2, 0) is 6.54 Å². The van der Waals surface area contributed by atoms with Gasteiger partial charge in [0.05, 0.1) is 11.9 Å². The van der Waals surface area contributed by atoms with Crippen molar-refractivity contribution in [3.05, 3.63) is 12.4 Å². The Labute approximate surface area is 133 Å². The Balaban J connectivity index is 1.97. The van der Waals surface area contributed by atoms with Gasteiger partial charge in [-0.15, -0.1) is 0 Å². The van der Waals surface area contributed by atoms with Crippen LogP contribution < -0.4 is 5.32 Å². The van der Waals surface area contributed by atoms with Gasteiger partial charge in [0, 0.05) is 18.8 Å². The first-order chi connectivity index (χ1) is 10.7. The van der Waals surface area contributed by atoms with Gasteiger partial charge in [0.1, 0.15) is 6.54 Å². The van der Waals surface area contributed by atoms with Crippen LogP contribution in [0.15, 0.2) is 12.4 Å². The lowest BCUT2D eigenvalue weighted by molar-refractivity contribution is -0.142. The second kappa shape index (κ2) is 7.23. The van der Waals surface area contributed by atoms with Crippen molar-refractivity contribution in [2.45, 2.75) is 58.3 Å². The summed E-state index contributed by atoms with van der Waals surface area (Å²) in [6, 6.07) is -0.0733.